The zero-order chi connectivity index (χ0) is 16.1. The second-order valence-corrected chi connectivity index (χ2v) is 6.52. The van der Waals surface area contributed by atoms with Crippen LogP contribution < -0.4 is 0 Å². The molecule has 0 aliphatic rings. The molecule has 0 heterocycles. The van der Waals surface area contributed by atoms with E-state index in [9.17, 15) is 0 Å². The van der Waals surface area contributed by atoms with Gasteiger partial charge in [-0.3, -0.25) is 0 Å². The van der Waals surface area contributed by atoms with Crippen molar-refractivity contribution in [1.82, 2.24) is 0 Å². The van der Waals surface area contributed by atoms with Crippen LogP contribution in [-0.4, -0.2) is 10.2 Å². The summed E-state index contributed by atoms with van der Waals surface area (Å²) in [7, 11) is 0.975. The molecule has 0 aromatic heterocycles. The molecule has 0 bridgehead atoms. The Kier molecular flexibility index (Phi) is 4.70. The van der Waals surface area contributed by atoms with E-state index in [1.165, 1.54) is 33.0 Å². The first-order valence-corrected chi connectivity index (χ1v) is 8.85. The average molecular weight is 312 g/mol. The fourth-order valence-electron chi connectivity index (χ4n) is 2.91. The van der Waals surface area contributed by atoms with Crippen LogP contribution in [0.3, 0.4) is 0 Å². The summed E-state index contributed by atoms with van der Waals surface area (Å²) in [6.07, 6.45) is 1.94. The monoisotopic (exact) mass is 312 g/mol. The summed E-state index contributed by atoms with van der Waals surface area (Å²) in [6.45, 7) is 3.99. The first-order chi connectivity index (χ1) is 11.3. The number of rotatable bonds is 4. The zero-order valence-electron chi connectivity index (χ0n) is 13.4. The van der Waals surface area contributed by atoms with Crippen molar-refractivity contribution in [3.8, 4) is 0 Å². The lowest BCUT2D eigenvalue weighted by Gasteiger charge is -2.16. The van der Waals surface area contributed by atoms with Crippen molar-refractivity contribution in [2.24, 2.45) is 0 Å². The van der Waals surface area contributed by atoms with Crippen molar-refractivity contribution in [2.75, 3.05) is 0 Å². The predicted molar refractivity (Wildman–Crippen MR) is 105 cm³/mol. The summed E-state index contributed by atoms with van der Waals surface area (Å²) in [4.78, 5) is 0. The Balaban J connectivity index is 2.30. The van der Waals surface area contributed by atoms with Crippen LogP contribution in [0.2, 0.25) is 0 Å². The van der Waals surface area contributed by atoms with E-state index in [0.717, 1.165) is 10.2 Å². The van der Waals surface area contributed by atoms with Gasteiger partial charge in [0.25, 0.3) is 0 Å². The second-order valence-electron chi connectivity index (χ2n) is 5.52. The molecule has 0 spiro atoms. The maximum absolute atomic E-state index is 3.99. The summed E-state index contributed by atoms with van der Waals surface area (Å²) in [5.74, 6) is 0. The van der Waals surface area contributed by atoms with Crippen molar-refractivity contribution in [1.29, 1.82) is 0 Å². The van der Waals surface area contributed by atoms with E-state index >= 15 is 0 Å². The summed E-state index contributed by atoms with van der Waals surface area (Å²) in [5.41, 5.74) is 6.31. The number of hydrogen-bond acceptors (Lipinski definition) is 0. The van der Waals surface area contributed by atoms with Crippen LogP contribution in [0.4, 0.5) is 0 Å². The minimum absolute atomic E-state index is 0.975. The van der Waals surface area contributed by atoms with Gasteiger partial charge in [0.05, 0.1) is 0 Å². The molecular formula is C22H20Si. The number of benzene rings is 3. The predicted octanol–water partition coefficient (Wildman–Crippen LogP) is 4.61. The SMILES string of the molecule is C=Cc1ccccc1C(=C([SiH3])c1ccccc1)c1ccccc1. The highest BCUT2D eigenvalue weighted by Gasteiger charge is 2.12. The Labute approximate surface area is 141 Å². The summed E-state index contributed by atoms with van der Waals surface area (Å²) >= 11 is 0. The molecular weight excluding hydrogens is 292 g/mol. The zero-order valence-corrected chi connectivity index (χ0v) is 15.4. The highest BCUT2D eigenvalue weighted by molar-refractivity contribution is 6.47. The van der Waals surface area contributed by atoms with Crippen molar-refractivity contribution in [2.45, 2.75) is 0 Å². The lowest BCUT2D eigenvalue weighted by Crippen LogP contribution is -1.97. The summed E-state index contributed by atoms with van der Waals surface area (Å²) in [6, 6.07) is 29.8. The maximum atomic E-state index is 3.99. The van der Waals surface area contributed by atoms with Gasteiger partial charge < -0.3 is 0 Å². The maximum Gasteiger partial charge on any atom is 0.0401 e. The minimum atomic E-state index is 0.975. The van der Waals surface area contributed by atoms with Crippen molar-refractivity contribution in [3.63, 3.8) is 0 Å². The molecule has 3 aromatic rings. The largest absolute Gasteiger partial charge is 0.0984 e. The molecule has 112 valence electrons. The summed E-state index contributed by atoms with van der Waals surface area (Å²) < 4.78 is 0. The Morgan fingerprint density at radius 3 is 1.83 bits per heavy atom. The fourth-order valence-corrected chi connectivity index (χ4v) is 3.81. The van der Waals surface area contributed by atoms with Crippen LogP contribution in [0.25, 0.3) is 16.8 Å². The fraction of sp³-hybridized carbons (Fsp3) is 0. The third-order valence-electron chi connectivity index (χ3n) is 4.09. The molecule has 0 radical (unpaired) electrons. The smallest absolute Gasteiger partial charge is 0.0401 e. The molecule has 0 saturated heterocycles. The van der Waals surface area contributed by atoms with Crippen LogP contribution >= 0.6 is 0 Å². The Morgan fingerprint density at radius 1 is 0.696 bits per heavy atom. The third kappa shape index (κ3) is 3.25. The van der Waals surface area contributed by atoms with Crippen LogP contribution in [0.15, 0.2) is 91.5 Å². The van der Waals surface area contributed by atoms with Gasteiger partial charge in [-0.05, 0) is 27.8 Å². The molecule has 0 fully saturated rings. The van der Waals surface area contributed by atoms with E-state index in [1.54, 1.807) is 0 Å². The minimum Gasteiger partial charge on any atom is -0.0984 e. The Hall–Kier alpha value is -2.64. The standard InChI is InChI=1S/C22H20Si/c1-2-17-11-9-10-16-20(17)21(18-12-5-3-6-13-18)22(23)19-14-7-4-8-15-19/h2-16H,1H2,23H3. The van der Waals surface area contributed by atoms with E-state index in [4.69, 9.17) is 0 Å². The molecule has 0 saturated carbocycles. The molecule has 0 aliphatic carbocycles. The van der Waals surface area contributed by atoms with Gasteiger partial charge in [0.1, 0.15) is 0 Å². The number of hydrogen-bond donors (Lipinski definition) is 0. The van der Waals surface area contributed by atoms with E-state index in [1.807, 2.05) is 6.08 Å². The van der Waals surface area contributed by atoms with Gasteiger partial charge >= 0.3 is 0 Å². The molecule has 3 aromatic carbocycles. The molecule has 1 heteroatoms. The van der Waals surface area contributed by atoms with Crippen molar-refractivity contribution in [3.05, 3.63) is 114 Å². The van der Waals surface area contributed by atoms with Crippen LogP contribution in [0.5, 0.6) is 0 Å². The van der Waals surface area contributed by atoms with Gasteiger partial charge in [-0.1, -0.05) is 103 Å². The first kappa shape index (κ1) is 15.3. The van der Waals surface area contributed by atoms with E-state index in [2.05, 4.69) is 91.5 Å². The first-order valence-electron chi connectivity index (χ1n) is 7.85. The Bertz CT molecular complexity index is 830. The van der Waals surface area contributed by atoms with E-state index in [-0.39, 0.29) is 0 Å². The molecule has 0 aliphatic heterocycles. The topological polar surface area (TPSA) is 0 Å². The molecule has 0 nitrogen and oxygen atoms in total. The van der Waals surface area contributed by atoms with Gasteiger partial charge in [0.2, 0.25) is 0 Å². The Morgan fingerprint density at radius 2 is 1.22 bits per heavy atom. The third-order valence-corrected chi connectivity index (χ3v) is 5.17. The van der Waals surface area contributed by atoms with Crippen molar-refractivity contribution >= 4 is 27.1 Å². The van der Waals surface area contributed by atoms with Crippen LogP contribution in [0.1, 0.15) is 22.3 Å². The quantitative estimate of drug-likeness (QED) is 0.487. The molecule has 23 heavy (non-hydrogen) atoms. The van der Waals surface area contributed by atoms with Crippen LogP contribution in [-0.2, 0) is 0 Å². The van der Waals surface area contributed by atoms with Gasteiger partial charge in [-0.15, -0.1) is 0 Å². The summed E-state index contributed by atoms with van der Waals surface area (Å²) in [5, 5.41) is 1.41. The van der Waals surface area contributed by atoms with Gasteiger partial charge in [-0.25, -0.2) is 0 Å². The van der Waals surface area contributed by atoms with Gasteiger partial charge in [-0.2, -0.15) is 0 Å². The average Bonchev–Trinajstić information content (AvgIpc) is 2.64. The van der Waals surface area contributed by atoms with Gasteiger partial charge in [0.15, 0.2) is 0 Å². The van der Waals surface area contributed by atoms with E-state index in [0.29, 0.717) is 0 Å². The molecule has 0 N–H and O–H groups in total. The molecule has 3 rings (SSSR count). The van der Waals surface area contributed by atoms with Crippen LogP contribution in [0, 0.1) is 0 Å². The normalized spacial score (nSPS) is 11.8. The highest BCUT2D eigenvalue weighted by Crippen LogP contribution is 2.32. The highest BCUT2D eigenvalue weighted by atomic mass is 28.1. The lowest BCUT2D eigenvalue weighted by atomic mass is 9.92. The molecule has 0 unspecified atom stereocenters. The van der Waals surface area contributed by atoms with Gasteiger partial charge in [0, 0.05) is 10.2 Å². The second kappa shape index (κ2) is 7.08. The van der Waals surface area contributed by atoms with E-state index < -0.39 is 0 Å². The van der Waals surface area contributed by atoms with Crippen molar-refractivity contribution < 1.29 is 0 Å². The lowest BCUT2D eigenvalue weighted by molar-refractivity contribution is 1.52. The molecule has 0 amide bonds. The molecule has 0 atom stereocenters.